The van der Waals surface area contributed by atoms with Crippen LogP contribution < -0.4 is 0 Å². The fourth-order valence-corrected chi connectivity index (χ4v) is 2.42. The van der Waals surface area contributed by atoms with Crippen LogP contribution in [0.4, 0.5) is 14.5 Å². The van der Waals surface area contributed by atoms with Crippen LogP contribution in [0.5, 0.6) is 0 Å². The lowest BCUT2D eigenvalue weighted by atomic mass is 10.0. The minimum atomic E-state index is -0.877. The van der Waals surface area contributed by atoms with Gasteiger partial charge in [0.05, 0.1) is 11.4 Å². The molecule has 110 valence electrons. The first-order valence-corrected chi connectivity index (χ1v) is 7.24. The third-order valence-electron chi connectivity index (χ3n) is 3.64. The van der Waals surface area contributed by atoms with Gasteiger partial charge in [-0.2, -0.15) is 0 Å². The summed E-state index contributed by atoms with van der Waals surface area (Å²) in [7, 11) is 0. The normalized spacial score (nSPS) is 16.4. The topological polar surface area (TPSA) is 12.4 Å². The summed E-state index contributed by atoms with van der Waals surface area (Å²) in [5.41, 5.74) is 7.10. The molecule has 0 fully saturated rings. The highest BCUT2D eigenvalue weighted by Gasteiger charge is 2.13. The summed E-state index contributed by atoms with van der Waals surface area (Å²) in [4.78, 5) is 4.55. The molecule has 1 aliphatic heterocycles. The van der Waals surface area contributed by atoms with E-state index in [1.54, 1.807) is 6.08 Å². The lowest BCUT2D eigenvalue weighted by Crippen LogP contribution is -1.99. The van der Waals surface area contributed by atoms with Crippen LogP contribution in [0.15, 0.2) is 64.4 Å². The van der Waals surface area contributed by atoms with E-state index in [2.05, 4.69) is 23.7 Å². The second kappa shape index (κ2) is 6.08. The van der Waals surface area contributed by atoms with Crippen molar-refractivity contribution in [3.8, 4) is 0 Å². The third kappa shape index (κ3) is 2.90. The quantitative estimate of drug-likeness (QED) is 0.644. The fraction of sp³-hybridized carbons (Fsp3) is 0.158. The lowest BCUT2D eigenvalue weighted by molar-refractivity contribution is 0.509. The summed E-state index contributed by atoms with van der Waals surface area (Å²) in [5.74, 6) is -1.73. The molecule has 0 N–H and O–H groups in total. The predicted molar refractivity (Wildman–Crippen MR) is 86.2 cm³/mol. The maximum Gasteiger partial charge on any atom is 0.161 e. The van der Waals surface area contributed by atoms with Crippen molar-refractivity contribution in [3.63, 3.8) is 0 Å². The summed E-state index contributed by atoms with van der Waals surface area (Å²) in [6.45, 7) is 2.08. The van der Waals surface area contributed by atoms with Crippen LogP contribution in [0, 0.1) is 11.6 Å². The van der Waals surface area contributed by atoms with Gasteiger partial charge in [0.25, 0.3) is 0 Å². The van der Waals surface area contributed by atoms with Crippen molar-refractivity contribution in [1.29, 1.82) is 0 Å². The number of nitrogens with zero attached hydrogens (tertiary/aromatic N) is 1. The Labute approximate surface area is 128 Å². The molecular formula is C19H15F2N. The van der Waals surface area contributed by atoms with Crippen molar-refractivity contribution in [2.75, 3.05) is 0 Å². The average molecular weight is 295 g/mol. The number of fused-ring (bicyclic) bond motifs is 1. The Hall–Kier alpha value is -2.51. The molecule has 1 nitrogen and oxygen atoms in total. The number of allylic oxidation sites excluding steroid dienone is 6. The van der Waals surface area contributed by atoms with Crippen LogP contribution in [-0.4, -0.2) is 5.71 Å². The molecule has 1 aromatic carbocycles. The minimum Gasteiger partial charge on any atom is -0.252 e. The van der Waals surface area contributed by atoms with Crippen LogP contribution in [0.25, 0.3) is 6.08 Å². The zero-order valence-electron chi connectivity index (χ0n) is 12.2. The largest absolute Gasteiger partial charge is 0.252 e. The zero-order chi connectivity index (χ0) is 15.5. The summed E-state index contributed by atoms with van der Waals surface area (Å²) in [6.07, 6.45) is 13.0. The standard InChI is InChI=1S/C19H15F2N/c1-2-13-6-3-4-7-14(10-13)18-9-5-8-15-11-16(20)17(21)12-19(15)22-18/h4-8,10-12H,2,9H2,1H3. The molecule has 3 heteroatoms. The smallest absolute Gasteiger partial charge is 0.161 e. The first-order valence-electron chi connectivity index (χ1n) is 7.24. The van der Waals surface area contributed by atoms with E-state index >= 15 is 0 Å². The van der Waals surface area contributed by atoms with Gasteiger partial charge in [-0.15, -0.1) is 5.73 Å². The second-order valence-electron chi connectivity index (χ2n) is 5.16. The number of aliphatic imine (C=N–C) groups is 1. The molecule has 0 atom stereocenters. The molecule has 0 saturated carbocycles. The minimum absolute atomic E-state index is 0.455. The molecule has 0 radical (unpaired) electrons. The molecule has 3 rings (SSSR count). The summed E-state index contributed by atoms with van der Waals surface area (Å²) >= 11 is 0. The predicted octanol–water partition coefficient (Wildman–Crippen LogP) is 5.44. The number of benzene rings is 1. The van der Waals surface area contributed by atoms with Gasteiger partial charge >= 0.3 is 0 Å². The van der Waals surface area contributed by atoms with E-state index in [9.17, 15) is 8.78 Å². The summed E-state index contributed by atoms with van der Waals surface area (Å²) < 4.78 is 26.8. The Balaban J connectivity index is 2.07. The van der Waals surface area contributed by atoms with Crippen molar-refractivity contribution in [1.82, 2.24) is 0 Å². The highest BCUT2D eigenvalue weighted by Crippen LogP contribution is 2.29. The molecule has 0 unspecified atom stereocenters. The average Bonchev–Trinajstić information content (AvgIpc) is 2.86. The molecule has 2 aliphatic rings. The van der Waals surface area contributed by atoms with Gasteiger partial charge in [-0.25, -0.2) is 8.78 Å². The van der Waals surface area contributed by atoms with E-state index in [4.69, 9.17) is 0 Å². The van der Waals surface area contributed by atoms with Gasteiger partial charge in [-0.3, -0.25) is 4.99 Å². The first-order chi connectivity index (χ1) is 10.7. The van der Waals surface area contributed by atoms with Gasteiger partial charge in [0.15, 0.2) is 11.6 Å². The molecular weight excluding hydrogens is 280 g/mol. The maximum atomic E-state index is 13.5. The zero-order valence-corrected chi connectivity index (χ0v) is 12.2. The van der Waals surface area contributed by atoms with E-state index in [0.29, 0.717) is 17.7 Å². The Bertz CT molecular complexity index is 801. The van der Waals surface area contributed by atoms with Gasteiger partial charge < -0.3 is 0 Å². The number of hydrogen-bond donors (Lipinski definition) is 0. The second-order valence-corrected chi connectivity index (χ2v) is 5.16. The highest BCUT2D eigenvalue weighted by molar-refractivity contribution is 6.06. The van der Waals surface area contributed by atoms with E-state index in [1.807, 2.05) is 24.3 Å². The van der Waals surface area contributed by atoms with Crippen molar-refractivity contribution >= 4 is 17.5 Å². The molecule has 1 aliphatic carbocycles. The monoisotopic (exact) mass is 295 g/mol. The summed E-state index contributed by atoms with van der Waals surface area (Å²) in [5, 5.41) is 0. The van der Waals surface area contributed by atoms with Crippen LogP contribution >= 0.6 is 0 Å². The number of hydrogen-bond acceptors (Lipinski definition) is 1. The van der Waals surface area contributed by atoms with Gasteiger partial charge in [-0.05, 0) is 47.9 Å². The molecule has 0 saturated heterocycles. The van der Waals surface area contributed by atoms with Crippen molar-refractivity contribution in [2.45, 2.75) is 19.8 Å². The molecule has 1 heterocycles. The first kappa shape index (κ1) is 14.4. The number of rotatable bonds is 2. The van der Waals surface area contributed by atoms with Crippen LogP contribution in [0.3, 0.4) is 0 Å². The van der Waals surface area contributed by atoms with Gasteiger partial charge in [0, 0.05) is 18.1 Å². The van der Waals surface area contributed by atoms with Crippen molar-refractivity contribution < 1.29 is 8.78 Å². The SMILES string of the molecule is CCC1=CC(C2=Nc3cc(F)c(F)cc3C=CC2)=CC=C=C1. The van der Waals surface area contributed by atoms with Gasteiger partial charge in [0.1, 0.15) is 0 Å². The molecule has 0 amide bonds. The van der Waals surface area contributed by atoms with Crippen molar-refractivity contribution in [2.24, 2.45) is 4.99 Å². The van der Waals surface area contributed by atoms with Gasteiger partial charge in [-0.1, -0.05) is 19.1 Å². The lowest BCUT2D eigenvalue weighted by Gasteiger charge is -2.06. The Kier molecular flexibility index (Phi) is 3.99. The summed E-state index contributed by atoms with van der Waals surface area (Å²) in [6, 6.07) is 2.33. The Morgan fingerprint density at radius 1 is 1.23 bits per heavy atom. The van der Waals surface area contributed by atoms with Crippen LogP contribution in [0.1, 0.15) is 25.3 Å². The molecule has 0 spiro atoms. The van der Waals surface area contributed by atoms with Crippen molar-refractivity contribution in [3.05, 3.63) is 76.6 Å². The molecule has 1 aromatic rings. The molecule has 22 heavy (non-hydrogen) atoms. The number of halogens is 2. The van der Waals surface area contributed by atoms with E-state index in [0.717, 1.165) is 29.3 Å². The highest BCUT2D eigenvalue weighted by atomic mass is 19.2. The maximum absolute atomic E-state index is 13.5. The van der Waals surface area contributed by atoms with Gasteiger partial charge in [0.2, 0.25) is 0 Å². The molecule has 0 aromatic heterocycles. The Morgan fingerprint density at radius 3 is 2.86 bits per heavy atom. The van der Waals surface area contributed by atoms with E-state index in [-0.39, 0.29) is 0 Å². The van der Waals surface area contributed by atoms with E-state index in [1.165, 1.54) is 6.07 Å². The van der Waals surface area contributed by atoms with Crippen LogP contribution in [-0.2, 0) is 0 Å². The fourth-order valence-electron chi connectivity index (χ4n) is 2.42. The Morgan fingerprint density at radius 2 is 2.05 bits per heavy atom. The third-order valence-corrected chi connectivity index (χ3v) is 3.64. The van der Waals surface area contributed by atoms with Crippen LogP contribution in [0.2, 0.25) is 0 Å². The van der Waals surface area contributed by atoms with E-state index < -0.39 is 11.6 Å². The molecule has 0 bridgehead atoms.